The van der Waals surface area contributed by atoms with Gasteiger partial charge in [-0.2, -0.15) is 0 Å². The molecule has 0 saturated heterocycles. The van der Waals surface area contributed by atoms with Crippen molar-refractivity contribution in [1.82, 2.24) is 5.32 Å². The average Bonchev–Trinajstić information content (AvgIpc) is 2.71. The number of hydrogen-bond donors (Lipinski definition) is 2. The molecule has 1 unspecified atom stereocenters. The molecule has 7 heteroatoms. The van der Waals surface area contributed by atoms with Crippen LogP contribution in [0.2, 0.25) is 0 Å². The van der Waals surface area contributed by atoms with Crippen molar-refractivity contribution in [2.24, 2.45) is 0 Å². The summed E-state index contributed by atoms with van der Waals surface area (Å²) in [6.45, 7) is -0.166. The number of nitrogens with one attached hydrogen (secondary N) is 1. The van der Waals surface area contributed by atoms with Gasteiger partial charge in [0.15, 0.2) is 6.10 Å². The van der Waals surface area contributed by atoms with Crippen LogP contribution >= 0.6 is 27.3 Å². The smallest absolute Gasteiger partial charge is 0.336 e. The Balaban J connectivity index is 2.44. The fourth-order valence-electron chi connectivity index (χ4n) is 0.932. The summed E-state index contributed by atoms with van der Waals surface area (Å²) in [6.07, 6.45) is -1.34. The van der Waals surface area contributed by atoms with Crippen LogP contribution in [0, 0.1) is 0 Å². The summed E-state index contributed by atoms with van der Waals surface area (Å²) in [5.41, 5.74) is 0. The van der Waals surface area contributed by atoms with Crippen LogP contribution in [-0.2, 0) is 9.53 Å². The summed E-state index contributed by atoms with van der Waals surface area (Å²) >= 11 is 4.50. The lowest BCUT2D eigenvalue weighted by atomic mass is 10.3. The molecule has 0 fully saturated rings. The van der Waals surface area contributed by atoms with Crippen molar-refractivity contribution >= 4 is 39.1 Å². The molecule has 0 aromatic carbocycles. The van der Waals surface area contributed by atoms with Crippen LogP contribution < -0.4 is 5.32 Å². The van der Waals surface area contributed by atoms with Crippen LogP contribution in [-0.4, -0.2) is 36.7 Å². The summed E-state index contributed by atoms with van der Waals surface area (Å²) in [5.74, 6) is -1.11. The Bertz CT molecular complexity index is 393. The molecular weight excluding hydrogens is 298 g/mol. The molecule has 1 amide bonds. The molecule has 0 radical (unpaired) electrons. The highest BCUT2D eigenvalue weighted by molar-refractivity contribution is 9.11. The van der Waals surface area contributed by atoms with E-state index in [2.05, 4.69) is 26.0 Å². The monoisotopic (exact) mass is 307 g/mol. The van der Waals surface area contributed by atoms with Crippen LogP contribution in [0.5, 0.6) is 0 Å². The number of hydrogen-bond acceptors (Lipinski definition) is 5. The summed E-state index contributed by atoms with van der Waals surface area (Å²) in [7, 11) is 1.17. The first-order valence-electron chi connectivity index (χ1n) is 4.34. The summed E-state index contributed by atoms with van der Waals surface area (Å²) < 4.78 is 5.15. The van der Waals surface area contributed by atoms with E-state index in [-0.39, 0.29) is 12.5 Å². The molecule has 1 atom stereocenters. The van der Waals surface area contributed by atoms with Gasteiger partial charge < -0.3 is 15.2 Å². The van der Waals surface area contributed by atoms with E-state index in [0.29, 0.717) is 4.88 Å². The number of halogens is 1. The fourth-order valence-corrected chi connectivity index (χ4v) is 2.23. The molecule has 0 spiro atoms. The van der Waals surface area contributed by atoms with Crippen molar-refractivity contribution in [1.29, 1.82) is 0 Å². The van der Waals surface area contributed by atoms with Gasteiger partial charge in [-0.1, -0.05) is 0 Å². The number of carbonyl (C=O) groups is 2. The Hall–Kier alpha value is -0.920. The third-order valence-electron chi connectivity index (χ3n) is 1.73. The zero-order valence-corrected chi connectivity index (χ0v) is 10.8. The van der Waals surface area contributed by atoms with E-state index in [1.165, 1.54) is 18.4 Å². The predicted molar refractivity (Wildman–Crippen MR) is 62.4 cm³/mol. The van der Waals surface area contributed by atoms with Crippen molar-refractivity contribution in [2.45, 2.75) is 6.10 Å². The van der Waals surface area contributed by atoms with Crippen molar-refractivity contribution < 1.29 is 19.4 Å². The minimum atomic E-state index is -1.34. The Labute approximate surface area is 105 Å². The second-order valence-corrected chi connectivity index (χ2v) is 5.32. The van der Waals surface area contributed by atoms with Gasteiger partial charge in [0.05, 0.1) is 22.3 Å². The second-order valence-electron chi connectivity index (χ2n) is 2.85. The third-order valence-corrected chi connectivity index (χ3v) is 3.35. The Morgan fingerprint density at radius 2 is 2.31 bits per heavy atom. The second kappa shape index (κ2) is 5.97. The predicted octanol–water partition coefficient (Wildman–Crippen LogP) is 0.774. The van der Waals surface area contributed by atoms with Crippen molar-refractivity contribution in [3.8, 4) is 0 Å². The number of thiophene rings is 1. The van der Waals surface area contributed by atoms with E-state index in [1.54, 1.807) is 12.1 Å². The molecular formula is C9H10BrNO4S. The van der Waals surface area contributed by atoms with E-state index in [1.807, 2.05) is 0 Å². The molecule has 0 aliphatic carbocycles. The molecule has 5 nitrogen and oxygen atoms in total. The number of rotatable bonds is 4. The number of carbonyl (C=O) groups excluding carboxylic acids is 2. The molecule has 1 heterocycles. The van der Waals surface area contributed by atoms with Gasteiger partial charge in [0.25, 0.3) is 5.91 Å². The number of methoxy groups -OCH3 is 1. The largest absolute Gasteiger partial charge is 0.467 e. The minimum absolute atomic E-state index is 0.166. The van der Waals surface area contributed by atoms with Gasteiger partial charge in [0.2, 0.25) is 0 Å². The third kappa shape index (κ3) is 3.58. The zero-order valence-electron chi connectivity index (χ0n) is 8.40. The summed E-state index contributed by atoms with van der Waals surface area (Å²) in [5, 5.41) is 11.7. The van der Waals surface area contributed by atoms with Gasteiger partial charge in [0.1, 0.15) is 0 Å². The zero-order chi connectivity index (χ0) is 12.1. The fraction of sp³-hybridized carbons (Fsp3) is 0.333. The number of amides is 1. The van der Waals surface area contributed by atoms with E-state index in [4.69, 9.17) is 0 Å². The highest BCUT2D eigenvalue weighted by atomic mass is 79.9. The van der Waals surface area contributed by atoms with Crippen LogP contribution in [0.3, 0.4) is 0 Å². The van der Waals surface area contributed by atoms with Crippen molar-refractivity contribution in [2.75, 3.05) is 13.7 Å². The summed E-state index contributed by atoms with van der Waals surface area (Å²) in [4.78, 5) is 22.8. The van der Waals surface area contributed by atoms with Crippen LogP contribution in [0.4, 0.5) is 0 Å². The maximum Gasteiger partial charge on any atom is 0.336 e. The first-order valence-corrected chi connectivity index (χ1v) is 5.95. The molecule has 0 aliphatic rings. The number of esters is 1. The Morgan fingerprint density at radius 3 is 2.81 bits per heavy atom. The molecule has 1 aromatic heterocycles. The quantitative estimate of drug-likeness (QED) is 0.806. The Morgan fingerprint density at radius 1 is 1.62 bits per heavy atom. The normalized spacial score (nSPS) is 11.9. The Kier molecular flexibility index (Phi) is 4.91. The van der Waals surface area contributed by atoms with Crippen LogP contribution in [0.1, 0.15) is 9.67 Å². The van der Waals surface area contributed by atoms with Crippen molar-refractivity contribution in [3.63, 3.8) is 0 Å². The van der Waals surface area contributed by atoms with E-state index in [9.17, 15) is 14.7 Å². The molecule has 1 aromatic rings. The molecule has 16 heavy (non-hydrogen) atoms. The maximum atomic E-state index is 11.5. The highest BCUT2D eigenvalue weighted by Crippen LogP contribution is 2.21. The topological polar surface area (TPSA) is 75.6 Å². The lowest BCUT2D eigenvalue weighted by Crippen LogP contribution is -2.36. The first-order chi connectivity index (χ1) is 7.54. The van der Waals surface area contributed by atoms with E-state index >= 15 is 0 Å². The first kappa shape index (κ1) is 13.1. The van der Waals surface area contributed by atoms with Crippen LogP contribution in [0.25, 0.3) is 0 Å². The molecule has 2 N–H and O–H groups in total. The van der Waals surface area contributed by atoms with E-state index < -0.39 is 12.1 Å². The highest BCUT2D eigenvalue weighted by Gasteiger charge is 2.17. The SMILES string of the molecule is COC(=O)C(O)CNC(=O)c1ccc(Br)s1. The average molecular weight is 308 g/mol. The summed E-state index contributed by atoms with van der Waals surface area (Å²) in [6, 6.07) is 3.39. The molecule has 0 aliphatic heterocycles. The number of ether oxygens (including phenoxy) is 1. The lowest BCUT2D eigenvalue weighted by molar-refractivity contribution is -0.149. The minimum Gasteiger partial charge on any atom is -0.467 e. The molecule has 1 rings (SSSR count). The van der Waals surface area contributed by atoms with Crippen LogP contribution in [0.15, 0.2) is 15.9 Å². The van der Waals surface area contributed by atoms with E-state index in [0.717, 1.165) is 3.79 Å². The van der Waals surface area contributed by atoms with Gasteiger partial charge in [0, 0.05) is 0 Å². The molecule has 0 saturated carbocycles. The van der Waals surface area contributed by atoms with Gasteiger partial charge in [-0.15, -0.1) is 11.3 Å². The number of aliphatic hydroxyl groups excluding tert-OH is 1. The standard InChI is InChI=1S/C9H10BrNO4S/c1-15-9(14)5(12)4-11-8(13)6-2-3-7(10)16-6/h2-3,5,12H,4H2,1H3,(H,11,13). The van der Waals surface area contributed by atoms with Crippen molar-refractivity contribution in [3.05, 3.63) is 20.8 Å². The van der Waals surface area contributed by atoms with Gasteiger partial charge in [-0.25, -0.2) is 4.79 Å². The molecule has 0 bridgehead atoms. The maximum absolute atomic E-state index is 11.5. The van der Waals surface area contributed by atoms with Gasteiger partial charge >= 0.3 is 5.97 Å². The molecule has 88 valence electrons. The lowest BCUT2D eigenvalue weighted by Gasteiger charge is -2.08. The van der Waals surface area contributed by atoms with Gasteiger partial charge in [-0.05, 0) is 28.1 Å². The van der Waals surface area contributed by atoms with Gasteiger partial charge in [-0.3, -0.25) is 4.79 Å². The number of aliphatic hydroxyl groups is 1.